The molecular weight excluding hydrogens is 222 g/mol. The average Bonchev–Trinajstić information content (AvgIpc) is 2.37. The third kappa shape index (κ3) is 2.48. The third-order valence-corrected chi connectivity index (χ3v) is 3.31. The first kappa shape index (κ1) is 11.1. The van der Waals surface area contributed by atoms with Gasteiger partial charge < -0.3 is 0 Å². The first-order valence-electron chi connectivity index (χ1n) is 6.34. The van der Waals surface area contributed by atoms with E-state index < -0.39 is 0 Å². The Morgan fingerprint density at radius 2 is 1.61 bits per heavy atom. The molecule has 0 fully saturated rings. The van der Waals surface area contributed by atoms with Crippen molar-refractivity contribution in [2.24, 2.45) is 0 Å². The van der Waals surface area contributed by atoms with E-state index in [1.165, 1.54) is 5.56 Å². The molecule has 2 aromatic rings. The second-order valence-corrected chi connectivity index (χ2v) is 4.83. The average molecular weight is 237 g/mol. The van der Waals surface area contributed by atoms with E-state index in [4.69, 9.17) is 0 Å². The van der Waals surface area contributed by atoms with Gasteiger partial charge in [0.2, 0.25) is 0 Å². The van der Waals surface area contributed by atoms with Crippen molar-refractivity contribution < 1.29 is 4.79 Å². The molecule has 2 nitrogen and oxygen atoms in total. The molecular formula is C16H15NO. The molecule has 2 heteroatoms. The van der Waals surface area contributed by atoms with Crippen molar-refractivity contribution in [3.05, 3.63) is 65.0 Å². The number of benzene rings is 1. The van der Waals surface area contributed by atoms with Crippen molar-refractivity contribution in [2.75, 3.05) is 0 Å². The van der Waals surface area contributed by atoms with Gasteiger partial charge in [-0.25, -0.2) is 0 Å². The fourth-order valence-corrected chi connectivity index (χ4v) is 2.43. The van der Waals surface area contributed by atoms with Crippen molar-refractivity contribution in [2.45, 2.75) is 25.7 Å². The van der Waals surface area contributed by atoms with Gasteiger partial charge in [-0.2, -0.15) is 0 Å². The van der Waals surface area contributed by atoms with E-state index in [0.29, 0.717) is 12.8 Å². The lowest BCUT2D eigenvalue weighted by atomic mass is 10.0. The van der Waals surface area contributed by atoms with Crippen LogP contribution in [-0.2, 0) is 30.5 Å². The molecule has 1 aromatic heterocycles. The predicted octanol–water partition coefficient (Wildman–Crippen LogP) is 2.53. The molecule has 0 N–H and O–H groups in total. The standard InChI is InChI=1S/C16H15NO/c18-16-10-13-4-1-3-12(9-13)7-8-14-5-2-6-15(11-16)17-14/h1-6,9H,7-8,10-11H2. The van der Waals surface area contributed by atoms with Gasteiger partial charge in [0.25, 0.3) is 0 Å². The topological polar surface area (TPSA) is 30.0 Å². The van der Waals surface area contributed by atoms with Gasteiger partial charge in [0, 0.05) is 24.2 Å². The highest BCUT2D eigenvalue weighted by Gasteiger charge is 2.09. The number of ketones is 1. The van der Waals surface area contributed by atoms with E-state index in [1.54, 1.807) is 0 Å². The molecule has 1 aliphatic rings. The summed E-state index contributed by atoms with van der Waals surface area (Å²) in [4.78, 5) is 16.5. The largest absolute Gasteiger partial charge is 0.299 e. The van der Waals surface area contributed by atoms with Crippen LogP contribution in [0.15, 0.2) is 42.5 Å². The van der Waals surface area contributed by atoms with E-state index >= 15 is 0 Å². The van der Waals surface area contributed by atoms with Gasteiger partial charge in [-0.15, -0.1) is 0 Å². The number of Topliss-reactive ketones (excluding diaryl/α,β-unsaturated/α-hetero) is 1. The summed E-state index contributed by atoms with van der Waals surface area (Å²) in [6.07, 6.45) is 2.88. The van der Waals surface area contributed by atoms with E-state index in [1.807, 2.05) is 30.3 Å². The minimum atomic E-state index is 0.235. The molecule has 0 atom stereocenters. The minimum Gasteiger partial charge on any atom is -0.299 e. The maximum absolute atomic E-state index is 12.0. The fraction of sp³-hybridized carbons (Fsp3) is 0.250. The molecule has 18 heavy (non-hydrogen) atoms. The molecule has 1 aliphatic heterocycles. The number of rotatable bonds is 0. The molecule has 0 saturated heterocycles. The number of fused-ring (bicyclic) bond motifs is 4. The second-order valence-electron chi connectivity index (χ2n) is 4.83. The molecule has 0 aliphatic carbocycles. The molecule has 0 amide bonds. The molecule has 4 bridgehead atoms. The monoisotopic (exact) mass is 237 g/mol. The van der Waals surface area contributed by atoms with Crippen LogP contribution in [0.1, 0.15) is 22.5 Å². The second kappa shape index (κ2) is 4.73. The molecule has 0 spiro atoms. The summed E-state index contributed by atoms with van der Waals surface area (Å²) in [6, 6.07) is 14.3. The Balaban J connectivity index is 1.99. The zero-order chi connectivity index (χ0) is 12.4. The summed E-state index contributed by atoms with van der Waals surface area (Å²) >= 11 is 0. The third-order valence-electron chi connectivity index (χ3n) is 3.31. The molecule has 1 aromatic carbocycles. The van der Waals surface area contributed by atoms with Crippen LogP contribution in [0, 0.1) is 0 Å². The first-order valence-corrected chi connectivity index (χ1v) is 6.34. The summed E-state index contributed by atoms with van der Waals surface area (Å²) in [5, 5.41) is 0. The van der Waals surface area contributed by atoms with Crippen molar-refractivity contribution in [3.8, 4) is 0 Å². The predicted molar refractivity (Wildman–Crippen MR) is 70.5 cm³/mol. The number of hydrogen-bond donors (Lipinski definition) is 0. The summed E-state index contributed by atoms with van der Waals surface area (Å²) in [6.45, 7) is 0. The van der Waals surface area contributed by atoms with E-state index in [-0.39, 0.29) is 5.78 Å². The Hall–Kier alpha value is -1.96. The Labute approximate surface area is 107 Å². The lowest BCUT2D eigenvalue weighted by Crippen LogP contribution is -2.08. The number of carbonyl (C=O) groups is 1. The molecule has 0 unspecified atom stereocenters. The first-order chi connectivity index (χ1) is 8.79. The fourth-order valence-electron chi connectivity index (χ4n) is 2.43. The number of pyridine rings is 1. The van der Waals surface area contributed by atoms with Gasteiger partial charge in [-0.1, -0.05) is 30.3 Å². The molecule has 2 heterocycles. The van der Waals surface area contributed by atoms with E-state index in [9.17, 15) is 4.79 Å². The zero-order valence-electron chi connectivity index (χ0n) is 10.2. The van der Waals surface area contributed by atoms with Gasteiger partial charge in [0.05, 0.1) is 0 Å². The summed E-state index contributed by atoms with van der Waals surface area (Å²) in [5.74, 6) is 0.235. The van der Waals surface area contributed by atoms with Gasteiger partial charge >= 0.3 is 0 Å². The smallest absolute Gasteiger partial charge is 0.143 e. The quantitative estimate of drug-likeness (QED) is 0.704. The summed E-state index contributed by atoms with van der Waals surface area (Å²) < 4.78 is 0. The summed E-state index contributed by atoms with van der Waals surface area (Å²) in [5.41, 5.74) is 4.38. The number of carbonyl (C=O) groups excluding carboxylic acids is 1. The van der Waals surface area contributed by atoms with Gasteiger partial charge in [0.1, 0.15) is 5.78 Å². The lowest BCUT2D eigenvalue weighted by molar-refractivity contribution is -0.117. The van der Waals surface area contributed by atoms with Crippen LogP contribution >= 0.6 is 0 Å². The summed E-state index contributed by atoms with van der Waals surface area (Å²) in [7, 11) is 0. The number of aryl methyl sites for hydroxylation is 2. The maximum atomic E-state index is 12.0. The normalized spacial score (nSPS) is 15.0. The lowest BCUT2D eigenvalue weighted by Gasteiger charge is -2.03. The van der Waals surface area contributed by atoms with Crippen LogP contribution < -0.4 is 0 Å². The van der Waals surface area contributed by atoms with E-state index in [2.05, 4.69) is 17.1 Å². The number of nitrogens with zero attached hydrogens (tertiary/aromatic N) is 1. The number of aromatic nitrogens is 1. The van der Waals surface area contributed by atoms with E-state index in [0.717, 1.165) is 29.8 Å². The highest BCUT2D eigenvalue weighted by molar-refractivity contribution is 5.82. The van der Waals surface area contributed by atoms with Gasteiger partial charge in [-0.3, -0.25) is 9.78 Å². The van der Waals surface area contributed by atoms with Crippen molar-refractivity contribution in [3.63, 3.8) is 0 Å². The van der Waals surface area contributed by atoms with Crippen LogP contribution in [-0.4, -0.2) is 10.8 Å². The maximum Gasteiger partial charge on any atom is 0.143 e. The van der Waals surface area contributed by atoms with Crippen molar-refractivity contribution in [1.29, 1.82) is 0 Å². The molecule has 0 radical (unpaired) electrons. The van der Waals surface area contributed by atoms with Crippen LogP contribution in [0.5, 0.6) is 0 Å². The Morgan fingerprint density at radius 1 is 0.833 bits per heavy atom. The minimum absolute atomic E-state index is 0.235. The zero-order valence-corrected chi connectivity index (χ0v) is 10.2. The Bertz CT molecular complexity index is 538. The van der Waals surface area contributed by atoms with Gasteiger partial charge in [0.15, 0.2) is 0 Å². The van der Waals surface area contributed by atoms with Gasteiger partial charge in [-0.05, 0) is 36.1 Å². The van der Waals surface area contributed by atoms with Crippen LogP contribution in [0.25, 0.3) is 0 Å². The van der Waals surface area contributed by atoms with Crippen LogP contribution in [0.2, 0.25) is 0 Å². The Morgan fingerprint density at radius 3 is 2.56 bits per heavy atom. The van der Waals surface area contributed by atoms with Crippen molar-refractivity contribution >= 4 is 5.78 Å². The van der Waals surface area contributed by atoms with Crippen molar-refractivity contribution in [1.82, 2.24) is 4.98 Å². The molecule has 90 valence electrons. The number of hydrogen-bond acceptors (Lipinski definition) is 2. The highest BCUT2D eigenvalue weighted by Crippen LogP contribution is 2.13. The SMILES string of the molecule is O=C1Cc2cccc(c2)CCc2cccc(n2)C1. The highest BCUT2D eigenvalue weighted by atomic mass is 16.1. The van der Waals surface area contributed by atoms with Crippen LogP contribution in [0.4, 0.5) is 0 Å². The van der Waals surface area contributed by atoms with Crippen LogP contribution in [0.3, 0.4) is 0 Å². The molecule has 3 rings (SSSR count). The molecule has 0 saturated carbocycles. The Kier molecular flexibility index (Phi) is 2.93.